The Bertz CT molecular complexity index is 550. The Kier molecular flexibility index (Phi) is 3.64. The summed E-state index contributed by atoms with van der Waals surface area (Å²) < 4.78 is 42.0. The van der Waals surface area contributed by atoms with Gasteiger partial charge in [-0.15, -0.1) is 0 Å². The standard InChI is InChI=1S/C14H11F3O2/c15-14(16,17)9-10-6-7-13(12(18)8-10)19-11-4-2-1-3-5-11/h1-8,18H,9H2. The van der Waals surface area contributed by atoms with Crippen molar-refractivity contribution >= 4 is 0 Å². The molecule has 0 aliphatic heterocycles. The number of benzene rings is 2. The summed E-state index contributed by atoms with van der Waals surface area (Å²) in [5, 5.41) is 9.66. The van der Waals surface area contributed by atoms with Crippen LogP contribution in [0.1, 0.15) is 5.56 Å². The summed E-state index contributed by atoms with van der Waals surface area (Å²) in [4.78, 5) is 0. The maximum Gasteiger partial charge on any atom is 0.393 e. The number of para-hydroxylation sites is 1. The molecule has 2 rings (SSSR count). The Morgan fingerprint density at radius 2 is 1.68 bits per heavy atom. The van der Waals surface area contributed by atoms with Crippen molar-refractivity contribution < 1.29 is 23.0 Å². The molecular weight excluding hydrogens is 257 g/mol. The first-order valence-electron chi connectivity index (χ1n) is 5.55. The maximum absolute atomic E-state index is 12.2. The molecule has 0 saturated carbocycles. The highest BCUT2D eigenvalue weighted by Gasteiger charge is 2.27. The third-order valence-electron chi connectivity index (χ3n) is 2.40. The van der Waals surface area contributed by atoms with Crippen molar-refractivity contribution in [3.63, 3.8) is 0 Å². The fourth-order valence-electron chi connectivity index (χ4n) is 1.61. The number of phenolic OH excluding ortho intramolecular Hbond substituents is 1. The highest BCUT2D eigenvalue weighted by Crippen LogP contribution is 2.33. The molecule has 0 spiro atoms. The van der Waals surface area contributed by atoms with Crippen molar-refractivity contribution in [2.45, 2.75) is 12.6 Å². The Labute approximate surface area is 108 Å². The van der Waals surface area contributed by atoms with Crippen molar-refractivity contribution in [2.75, 3.05) is 0 Å². The lowest BCUT2D eigenvalue weighted by molar-refractivity contribution is -0.127. The Morgan fingerprint density at radius 3 is 2.26 bits per heavy atom. The monoisotopic (exact) mass is 268 g/mol. The number of aromatic hydroxyl groups is 1. The fraction of sp³-hybridized carbons (Fsp3) is 0.143. The summed E-state index contributed by atoms with van der Waals surface area (Å²) in [6.45, 7) is 0. The van der Waals surface area contributed by atoms with Gasteiger partial charge in [0.2, 0.25) is 0 Å². The van der Waals surface area contributed by atoms with Gasteiger partial charge in [0.1, 0.15) is 5.75 Å². The van der Waals surface area contributed by atoms with E-state index in [2.05, 4.69) is 0 Å². The molecule has 1 N–H and O–H groups in total. The van der Waals surface area contributed by atoms with E-state index in [1.165, 1.54) is 12.1 Å². The Balaban J connectivity index is 2.16. The van der Waals surface area contributed by atoms with Gasteiger partial charge < -0.3 is 9.84 Å². The summed E-state index contributed by atoms with van der Waals surface area (Å²) in [6.07, 6.45) is -5.37. The molecule has 2 aromatic rings. The molecule has 19 heavy (non-hydrogen) atoms. The van der Waals surface area contributed by atoms with Gasteiger partial charge >= 0.3 is 6.18 Å². The van der Waals surface area contributed by atoms with Crippen LogP contribution in [0.25, 0.3) is 0 Å². The van der Waals surface area contributed by atoms with Crippen LogP contribution in [0.15, 0.2) is 48.5 Å². The molecule has 2 aromatic carbocycles. The number of alkyl halides is 3. The van der Waals surface area contributed by atoms with Crippen LogP contribution < -0.4 is 4.74 Å². The van der Waals surface area contributed by atoms with E-state index in [0.29, 0.717) is 5.75 Å². The van der Waals surface area contributed by atoms with Gasteiger partial charge in [-0.3, -0.25) is 0 Å². The number of phenols is 1. The minimum Gasteiger partial charge on any atom is -0.504 e. The van der Waals surface area contributed by atoms with Gasteiger partial charge in [0, 0.05) is 0 Å². The average Bonchev–Trinajstić information content (AvgIpc) is 2.32. The smallest absolute Gasteiger partial charge is 0.393 e. The molecule has 0 atom stereocenters. The molecule has 0 saturated heterocycles. The van der Waals surface area contributed by atoms with Gasteiger partial charge in [-0.25, -0.2) is 0 Å². The molecule has 0 unspecified atom stereocenters. The molecule has 2 nitrogen and oxygen atoms in total. The van der Waals surface area contributed by atoms with Gasteiger partial charge in [-0.05, 0) is 29.8 Å². The van der Waals surface area contributed by atoms with E-state index in [0.717, 1.165) is 6.07 Å². The summed E-state index contributed by atoms with van der Waals surface area (Å²) in [7, 11) is 0. The molecule has 0 fully saturated rings. The molecule has 5 heteroatoms. The van der Waals surface area contributed by atoms with Crippen LogP contribution in [-0.2, 0) is 6.42 Å². The molecule has 0 radical (unpaired) electrons. The summed E-state index contributed by atoms with van der Waals surface area (Å²) >= 11 is 0. The first kappa shape index (κ1) is 13.3. The zero-order chi connectivity index (χ0) is 13.9. The van der Waals surface area contributed by atoms with Crippen LogP contribution in [0.3, 0.4) is 0 Å². The minimum absolute atomic E-state index is 0.00888. The zero-order valence-corrected chi connectivity index (χ0v) is 9.82. The molecule has 0 aliphatic carbocycles. The number of hydrogen-bond acceptors (Lipinski definition) is 2. The van der Waals surface area contributed by atoms with Crippen LogP contribution in [0.4, 0.5) is 13.2 Å². The van der Waals surface area contributed by atoms with Crippen molar-refractivity contribution in [1.29, 1.82) is 0 Å². The molecule has 0 aliphatic rings. The summed E-state index contributed by atoms with van der Waals surface area (Å²) in [5.41, 5.74) is -0.00888. The second kappa shape index (κ2) is 5.22. The van der Waals surface area contributed by atoms with Crippen LogP contribution in [0.2, 0.25) is 0 Å². The molecule has 0 bridgehead atoms. The lowest BCUT2D eigenvalue weighted by Crippen LogP contribution is -2.11. The molecule has 100 valence electrons. The summed E-state index contributed by atoms with van der Waals surface area (Å²) in [6, 6.07) is 12.3. The van der Waals surface area contributed by atoms with Gasteiger partial charge in [-0.1, -0.05) is 24.3 Å². The number of hydrogen-bond donors (Lipinski definition) is 1. The quantitative estimate of drug-likeness (QED) is 0.899. The van der Waals surface area contributed by atoms with Crippen LogP contribution in [0.5, 0.6) is 17.2 Å². The van der Waals surface area contributed by atoms with Gasteiger partial charge in [-0.2, -0.15) is 13.2 Å². The Morgan fingerprint density at radius 1 is 1.00 bits per heavy atom. The first-order valence-corrected chi connectivity index (χ1v) is 5.55. The van der Waals surface area contributed by atoms with Crippen molar-refractivity contribution in [3.8, 4) is 17.2 Å². The van der Waals surface area contributed by atoms with Crippen LogP contribution >= 0.6 is 0 Å². The van der Waals surface area contributed by atoms with Gasteiger partial charge in [0.15, 0.2) is 11.5 Å². The van der Waals surface area contributed by atoms with Crippen LogP contribution in [-0.4, -0.2) is 11.3 Å². The van der Waals surface area contributed by atoms with Gasteiger partial charge in [0.25, 0.3) is 0 Å². The third kappa shape index (κ3) is 3.91. The normalized spacial score (nSPS) is 11.3. The second-order valence-electron chi connectivity index (χ2n) is 4.01. The Hall–Kier alpha value is -2.17. The fourth-order valence-corrected chi connectivity index (χ4v) is 1.61. The maximum atomic E-state index is 12.2. The molecule has 0 aromatic heterocycles. The zero-order valence-electron chi connectivity index (χ0n) is 9.82. The van der Waals surface area contributed by atoms with Crippen molar-refractivity contribution in [1.82, 2.24) is 0 Å². The average molecular weight is 268 g/mol. The second-order valence-corrected chi connectivity index (χ2v) is 4.01. The van der Waals surface area contributed by atoms with E-state index in [4.69, 9.17) is 4.74 Å². The van der Waals surface area contributed by atoms with Crippen molar-refractivity contribution in [2.24, 2.45) is 0 Å². The van der Waals surface area contributed by atoms with E-state index in [-0.39, 0.29) is 17.1 Å². The van der Waals surface area contributed by atoms with E-state index >= 15 is 0 Å². The van der Waals surface area contributed by atoms with Gasteiger partial charge in [0.05, 0.1) is 6.42 Å². The minimum atomic E-state index is -4.30. The van der Waals surface area contributed by atoms with E-state index in [1.807, 2.05) is 0 Å². The van der Waals surface area contributed by atoms with Crippen LogP contribution in [0, 0.1) is 0 Å². The first-order chi connectivity index (χ1) is 8.94. The van der Waals surface area contributed by atoms with Crippen molar-refractivity contribution in [3.05, 3.63) is 54.1 Å². The highest BCUT2D eigenvalue weighted by molar-refractivity contribution is 5.44. The summed E-state index contributed by atoms with van der Waals surface area (Å²) in [5.74, 6) is 0.309. The number of rotatable bonds is 3. The lowest BCUT2D eigenvalue weighted by atomic mass is 10.1. The van der Waals surface area contributed by atoms with E-state index < -0.39 is 12.6 Å². The SMILES string of the molecule is Oc1cc(CC(F)(F)F)ccc1Oc1ccccc1. The lowest BCUT2D eigenvalue weighted by Gasteiger charge is -2.10. The molecule has 0 amide bonds. The largest absolute Gasteiger partial charge is 0.504 e. The molecular formula is C14H11F3O2. The van der Waals surface area contributed by atoms with E-state index in [1.54, 1.807) is 30.3 Å². The number of ether oxygens (including phenoxy) is 1. The highest BCUT2D eigenvalue weighted by atomic mass is 19.4. The topological polar surface area (TPSA) is 29.5 Å². The predicted molar refractivity (Wildman–Crippen MR) is 64.4 cm³/mol. The number of halogens is 3. The predicted octanol–water partition coefficient (Wildman–Crippen LogP) is 4.29. The third-order valence-corrected chi connectivity index (χ3v) is 2.40. The molecule has 0 heterocycles. The van der Waals surface area contributed by atoms with E-state index in [9.17, 15) is 18.3 Å².